The first-order valence-electron chi connectivity index (χ1n) is 10.7. The molecule has 1 unspecified atom stereocenters. The zero-order valence-corrected chi connectivity index (χ0v) is 16.8. The lowest BCUT2D eigenvalue weighted by Gasteiger charge is -2.16. The topological polar surface area (TPSA) is 20.2 Å². The van der Waals surface area contributed by atoms with Crippen molar-refractivity contribution in [3.05, 3.63) is 95.1 Å². The Kier molecular flexibility index (Phi) is 5.92. The van der Waals surface area contributed by atoms with Gasteiger partial charge in [-0.2, -0.15) is 0 Å². The van der Waals surface area contributed by atoms with Crippen LogP contribution in [0.25, 0.3) is 11.1 Å². The molecule has 1 N–H and O–H groups in total. The average molecular weight is 371 g/mol. The minimum atomic E-state index is -0.226. The summed E-state index contributed by atoms with van der Waals surface area (Å²) in [7, 11) is 0. The van der Waals surface area contributed by atoms with Crippen LogP contribution in [-0.2, 0) is 6.42 Å². The highest BCUT2D eigenvalue weighted by molar-refractivity contribution is 5.80. The van der Waals surface area contributed by atoms with Crippen molar-refractivity contribution in [2.75, 3.05) is 0 Å². The predicted molar refractivity (Wildman–Crippen MR) is 118 cm³/mol. The maximum atomic E-state index is 10.3. The summed E-state index contributed by atoms with van der Waals surface area (Å²) in [5.74, 6) is 0.306. The zero-order chi connectivity index (χ0) is 19.3. The molecule has 0 saturated carbocycles. The van der Waals surface area contributed by atoms with Gasteiger partial charge in [-0.15, -0.1) is 0 Å². The van der Waals surface area contributed by atoms with Crippen LogP contribution in [0.3, 0.4) is 0 Å². The SMILES string of the molecule is CCCCCCC(O)Cc1ccc(C2c3ccccc3-c3ccccc32)cc1. The second-order valence-corrected chi connectivity index (χ2v) is 8.06. The third-order valence-electron chi connectivity index (χ3n) is 6.01. The van der Waals surface area contributed by atoms with Crippen molar-refractivity contribution in [3.8, 4) is 11.1 Å². The number of aliphatic hydroxyl groups excluding tert-OH is 1. The van der Waals surface area contributed by atoms with Crippen LogP contribution in [-0.4, -0.2) is 11.2 Å². The van der Waals surface area contributed by atoms with Gasteiger partial charge >= 0.3 is 0 Å². The molecule has 0 heterocycles. The second kappa shape index (κ2) is 8.75. The van der Waals surface area contributed by atoms with E-state index in [1.165, 1.54) is 52.6 Å². The van der Waals surface area contributed by atoms with E-state index in [-0.39, 0.29) is 6.10 Å². The molecule has 3 aromatic carbocycles. The molecule has 4 rings (SSSR count). The van der Waals surface area contributed by atoms with Gasteiger partial charge in [-0.05, 0) is 46.2 Å². The minimum Gasteiger partial charge on any atom is -0.393 e. The Morgan fingerprint density at radius 3 is 1.96 bits per heavy atom. The molecule has 1 nitrogen and oxygen atoms in total. The van der Waals surface area contributed by atoms with Gasteiger partial charge in [0.1, 0.15) is 0 Å². The highest BCUT2D eigenvalue weighted by Gasteiger charge is 2.29. The van der Waals surface area contributed by atoms with Gasteiger partial charge in [0.05, 0.1) is 6.10 Å². The first-order chi connectivity index (χ1) is 13.8. The number of fused-ring (bicyclic) bond motifs is 3. The van der Waals surface area contributed by atoms with E-state index in [1.54, 1.807) is 0 Å². The smallest absolute Gasteiger partial charge is 0.0580 e. The summed E-state index contributed by atoms with van der Waals surface area (Å²) in [6.45, 7) is 2.22. The first kappa shape index (κ1) is 19.0. The standard InChI is InChI=1S/C27H30O/c1-2-3-4-5-10-22(28)19-20-15-17-21(18-16-20)27-25-13-8-6-11-23(25)24-12-7-9-14-26(24)27/h6-9,11-18,22,27-28H,2-5,10,19H2,1H3. The van der Waals surface area contributed by atoms with Crippen LogP contribution in [0.5, 0.6) is 0 Å². The molecule has 28 heavy (non-hydrogen) atoms. The van der Waals surface area contributed by atoms with E-state index < -0.39 is 0 Å². The maximum absolute atomic E-state index is 10.3. The van der Waals surface area contributed by atoms with Crippen LogP contribution in [0.2, 0.25) is 0 Å². The van der Waals surface area contributed by atoms with E-state index in [1.807, 2.05) is 0 Å². The van der Waals surface area contributed by atoms with Gasteiger partial charge in [-0.25, -0.2) is 0 Å². The summed E-state index contributed by atoms with van der Waals surface area (Å²) in [6, 6.07) is 26.4. The molecule has 0 spiro atoms. The molecule has 1 aliphatic carbocycles. The summed E-state index contributed by atoms with van der Waals surface area (Å²) in [6.07, 6.45) is 6.30. The average Bonchev–Trinajstić information content (AvgIpc) is 3.06. The fourth-order valence-corrected chi connectivity index (χ4v) is 4.54. The molecule has 0 fully saturated rings. The van der Waals surface area contributed by atoms with E-state index in [0.29, 0.717) is 5.92 Å². The largest absolute Gasteiger partial charge is 0.393 e. The third kappa shape index (κ3) is 3.91. The Balaban J connectivity index is 1.50. The van der Waals surface area contributed by atoms with Crippen LogP contribution in [0.1, 0.15) is 67.2 Å². The van der Waals surface area contributed by atoms with Crippen molar-refractivity contribution in [3.63, 3.8) is 0 Å². The third-order valence-corrected chi connectivity index (χ3v) is 6.01. The molecule has 0 aromatic heterocycles. The number of benzene rings is 3. The Morgan fingerprint density at radius 2 is 1.36 bits per heavy atom. The number of unbranched alkanes of at least 4 members (excludes halogenated alkanes) is 3. The van der Waals surface area contributed by atoms with Gasteiger partial charge in [0.15, 0.2) is 0 Å². The summed E-state index contributed by atoms with van der Waals surface area (Å²) >= 11 is 0. The van der Waals surface area contributed by atoms with Gasteiger partial charge in [0.2, 0.25) is 0 Å². The summed E-state index contributed by atoms with van der Waals surface area (Å²) in [5.41, 5.74) is 8.06. The zero-order valence-electron chi connectivity index (χ0n) is 16.8. The molecule has 1 heteroatoms. The highest BCUT2D eigenvalue weighted by Crippen LogP contribution is 2.47. The highest BCUT2D eigenvalue weighted by atomic mass is 16.3. The molecule has 0 amide bonds. The Morgan fingerprint density at radius 1 is 0.750 bits per heavy atom. The van der Waals surface area contributed by atoms with Crippen molar-refractivity contribution in [1.82, 2.24) is 0 Å². The second-order valence-electron chi connectivity index (χ2n) is 8.06. The van der Waals surface area contributed by atoms with E-state index in [0.717, 1.165) is 19.3 Å². The number of hydrogen-bond donors (Lipinski definition) is 1. The van der Waals surface area contributed by atoms with Crippen molar-refractivity contribution in [2.45, 2.75) is 57.5 Å². The van der Waals surface area contributed by atoms with Gasteiger partial charge in [-0.3, -0.25) is 0 Å². The molecule has 1 atom stereocenters. The van der Waals surface area contributed by atoms with Crippen molar-refractivity contribution >= 4 is 0 Å². The number of hydrogen-bond acceptors (Lipinski definition) is 1. The lowest BCUT2D eigenvalue weighted by atomic mass is 9.88. The van der Waals surface area contributed by atoms with Gasteiger partial charge in [0.25, 0.3) is 0 Å². The normalized spacial score (nSPS) is 13.9. The van der Waals surface area contributed by atoms with E-state index in [9.17, 15) is 5.11 Å². The quantitative estimate of drug-likeness (QED) is 0.341. The van der Waals surface area contributed by atoms with Crippen LogP contribution in [0, 0.1) is 0 Å². The van der Waals surface area contributed by atoms with Crippen molar-refractivity contribution in [1.29, 1.82) is 0 Å². The molecule has 144 valence electrons. The molecule has 0 saturated heterocycles. The number of aliphatic hydroxyl groups is 1. The van der Waals surface area contributed by atoms with Gasteiger partial charge in [-0.1, -0.05) is 105 Å². The Labute approximate surface area is 169 Å². The van der Waals surface area contributed by atoms with E-state index >= 15 is 0 Å². The molecule has 1 aliphatic rings. The molecule has 0 bridgehead atoms. The first-order valence-corrected chi connectivity index (χ1v) is 10.7. The number of rotatable bonds is 8. The molecular formula is C27H30O. The summed E-state index contributed by atoms with van der Waals surface area (Å²) < 4.78 is 0. The monoisotopic (exact) mass is 370 g/mol. The lowest BCUT2D eigenvalue weighted by molar-refractivity contribution is 0.161. The molecular weight excluding hydrogens is 340 g/mol. The lowest BCUT2D eigenvalue weighted by Crippen LogP contribution is -2.10. The summed E-state index contributed by atoms with van der Waals surface area (Å²) in [4.78, 5) is 0. The van der Waals surface area contributed by atoms with Crippen molar-refractivity contribution < 1.29 is 5.11 Å². The maximum Gasteiger partial charge on any atom is 0.0580 e. The molecule has 0 aliphatic heterocycles. The Bertz CT molecular complexity index is 864. The van der Waals surface area contributed by atoms with E-state index in [2.05, 4.69) is 79.7 Å². The summed E-state index contributed by atoms with van der Waals surface area (Å²) in [5, 5.41) is 10.3. The van der Waals surface area contributed by atoms with Crippen LogP contribution >= 0.6 is 0 Å². The molecule has 0 radical (unpaired) electrons. The minimum absolute atomic E-state index is 0.226. The van der Waals surface area contributed by atoms with Gasteiger partial charge in [0, 0.05) is 5.92 Å². The Hall–Kier alpha value is -2.38. The van der Waals surface area contributed by atoms with Gasteiger partial charge < -0.3 is 5.11 Å². The van der Waals surface area contributed by atoms with Crippen LogP contribution < -0.4 is 0 Å². The van der Waals surface area contributed by atoms with Crippen LogP contribution in [0.4, 0.5) is 0 Å². The predicted octanol–water partition coefficient (Wildman–Crippen LogP) is 6.72. The fraction of sp³-hybridized carbons (Fsp3) is 0.333. The van der Waals surface area contributed by atoms with E-state index in [4.69, 9.17) is 0 Å². The van der Waals surface area contributed by atoms with Crippen molar-refractivity contribution in [2.24, 2.45) is 0 Å². The van der Waals surface area contributed by atoms with Crippen LogP contribution in [0.15, 0.2) is 72.8 Å². The fourth-order valence-electron chi connectivity index (χ4n) is 4.54. The molecule has 3 aromatic rings.